The van der Waals surface area contributed by atoms with Gasteiger partial charge in [0.05, 0.1) is 6.61 Å². The van der Waals surface area contributed by atoms with E-state index in [1.54, 1.807) is 6.07 Å². The van der Waals surface area contributed by atoms with E-state index in [2.05, 4.69) is 24.1 Å². The summed E-state index contributed by atoms with van der Waals surface area (Å²) in [5, 5.41) is 11.8. The summed E-state index contributed by atoms with van der Waals surface area (Å²) >= 11 is 0. The number of hydrogen-bond donors (Lipinski definition) is 2. The molecule has 0 aliphatic rings. The van der Waals surface area contributed by atoms with Crippen LogP contribution in [0.25, 0.3) is 0 Å². The van der Waals surface area contributed by atoms with Crippen LogP contribution in [0.2, 0.25) is 0 Å². The Bertz CT molecular complexity index is 550. The molecule has 0 saturated carbocycles. The predicted molar refractivity (Wildman–Crippen MR) is 86.2 cm³/mol. The molecule has 0 radical (unpaired) electrons. The number of amides is 1. The lowest BCUT2D eigenvalue weighted by atomic mass is 9.97. The zero-order valence-corrected chi connectivity index (χ0v) is 13.4. The van der Waals surface area contributed by atoms with E-state index in [0.717, 1.165) is 24.0 Å². The molecule has 21 heavy (non-hydrogen) atoms. The molecule has 3 nitrogen and oxygen atoms in total. The van der Waals surface area contributed by atoms with Crippen LogP contribution < -0.4 is 5.32 Å². The molecule has 0 aliphatic heterocycles. The van der Waals surface area contributed by atoms with Gasteiger partial charge in [-0.1, -0.05) is 25.2 Å². The Morgan fingerprint density at radius 3 is 2.67 bits per heavy atom. The molecule has 2 N–H and O–H groups in total. The Morgan fingerprint density at radius 1 is 1.38 bits per heavy atom. The van der Waals surface area contributed by atoms with Gasteiger partial charge in [-0.3, -0.25) is 4.79 Å². The van der Waals surface area contributed by atoms with Crippen molar-refractivity contribution in [2.45, 2.75) is 52.5 Å². The zero-order valence-electron chi connectivity index (χ0n) is 13.4. The summed E-state index contributed by atoms with van der Waals surface area (Å²) < 4.78 is 0. The molecule has 114 valence electrons. The summed E-state index contributed by atoms with van der Waals surface area (Å²) in [6.07, 6.45) is 2.45. The van der Waals surface area contributed by atoms with Crippen molar-refractivity contribution in [1.82, 2.24) is 5.32 Å². The standard InChI is InChI=1S/C18H25NO2/c1-5-11-18(3,4)19-17(21)16-10-9-15(14(2)13-16)8-6-7-12-20/h9-10,13,20H,5,7,11-12H2,1-4H3,(H,19,21). The first kappa shape index (κ1) is 17.3. The van der Waals surface area contributed by atoms with Gasteiger partial charge in [-0.25, -0.2) is 0 Å². The Morgan fingerprint density at radius 2 is 2.10 bits per heavy atom. The van der Waals surface area contributed by atoms with E-state index >= 15 is 0 Å². The molecular formula is C18H25NO2. The second-order valence-corrected chi connectivity index (χ2v) is 5.89. The van der Waals surface area contributed by atoms with Crippen molar-refractivity contribution in [3.8, 4) is 11.8 Å². The van der Waals surface area contributed by atoms with Crippen molar-refractivity contribution in [3.63, 3.8) is 0 Å². The molecule has 0 fully saturated rings. The quantitative estimate of drug-likeness (QED) is 0.818. The smallest absolute Gasteiger partial charge is 0.251 e. The highest BCUT2D eigenvalue weighted by molar-refractivity contribution is 5.95. The Kier molecular flexibility index (Phi) is 6.45. The molecular weight excluding hydrogens is 262 g/mol. The number of carbonyl (C=O) groups is 1. The van der Waals surface area contributed by atoms with E-state index in [0.29, 0.717) is 12.0 Å². The molecule has 0 atom stereocenters. The van der Waals surface area contributed by atoms with Crippen molar-refractivity contribution in [2.24, 2.45) is 0 Å². The summed E-state index contributed by atoms with van der Waals surface area (Å²) in [5.41, 5.74) is 2.33. The van der Waals surface area contributed by atoms with Crippen molar-refractivity contribution in [3.05, 3.63) is 34.9 Å². The molecule has 0 bridgehead atoms. The summed E-state index contributed by atoms with van der Waals surface area (Å²) in [4.78, 5) is 12.3. The molecule has 3 heteroatoms. The van der Waals surface area contributed by atoms with Gasteiger partial charge >= 0.3 is 0 Å². The average Bonchev–Trinajstić information content (AvgIpc) is 2.40. The topological polar surface area (TPSA) is 49.3 Å². The maximum atomic E-state index is 12.3. The number of hydrogen-bond acceptors (Lipinski definition) is 2. The second-order valence-electron chi connectivity index (χ2n) is 5.89. The molecule has 1 amide bonds. The molecule has 1 rings (SSSR count). The van der Waals surface area contributed by atoms with Crippen LogP contribution in [-0.4, -0.2) is 23.2 Å². The summed E-state index contributed by atoms with van der Waals surface area (Å²) in [7, 11) is 0. The number of nitrogens with one attached hydrogen (secondary N) is 1. The highest BCUT2D eigenvalue weighted by atomic mass is 16.2. The third-order valence-corrected chi connectivity index (χ3v) is 3.28. The van der Waals surface area contributed by atoms with Crippen LogP contribution in [0, 0.1) is 18.8 Å². The van der Waals surface area contributed by atoms with Crippen molar-refractivity contribution >= 4 is 5.91 Å². The minimum absolute atomic E-state index is 0.0496. The van der Waals surface area contributed by atoms with Gasteiger partial charge in [-0.05, 0) is 51.0 Å². The molecule has 0 spiro atoms. The predicted octanol–water partition coefficient (Wildman–Crippen LogP) is 3.04. The first-order valence-corrected chi connectivity index (χ1v) is 7.42. The third-order valence-electron chi connectivity index (χ3n) is 3.28. The second kappa shape index (κ2) is 7.85. The first-order valence-electron chi connectivity index (χ1n) is 7.42. The molecule has 0 saturated heterocycles. The zero-order chi connectivity index (χ0) is 15.9. The van der Waals surface area contributed by atoms with Gasteiger partial charge in [-0.2, -0.15) is 0 Å². The van der Waals surface area contributed by atoms with E-state index in [1.165, 1.54) is 0 Å². The lowest BCUT2D eigenvalue weighted by Gasteiger charge is -2.25. The lowest BCUT2D eigenvalue weighted by molar-refractivity contribution is 0.0909. The van der Waals surface area contributed by atoms with Gasteiger partial charge in [-0.15, -0.1) is 0 Å². The molecule has 1 aromatic rings. The monoisotopic (exact) mass is 287 g/mol. The van der Waals surface area contributed by atoms with E-state index in [-0.39, 0.29) is 18.1 Å². The van der Waals surface area contributed by atoms with Gasteiger partial charge < -0.3 is 10.4 Å². The fraction of sp³-hybridized carbons (Fsp3) is 0.500. The number of aliphatic hydroxyl groups excluding tert-OH is 1. The Balaban J connectivity index is 2.84. The third kappa shape index (κ3) is 5.61. The number of aryl methyl sites for hydroxylation is 1. The fourth-order valence-electron chi connectivity index (χ4n) is 2.23. The van der Waals surface area contributed by atoms with Crippen molar-refractivity contribution in [1.29, 1.82) is 0 Å². The minimum atomic E-state index is -0.195. The average molecular weight is 287 g/mol. The maximum absolute atomic E-state index is 12.3. The van der Waals surface area contributed by atoms with Gasteiger partial charge in [0, 0.05) is 23.1 Å². The maximum Gasteiger partial charge on any atom is 0.251 e. The van der Waals surface area contributed by atoms with Gasteiger partial charge in [0.1, 0.15) is 0 Å². The molecule has 1 aromatic carbocycles. The van der Waals surface area contributed by atoms with Crippen LogP contribution in [0.4, 0.5) is 0 Å². The van der Waals surface area contributed by atoms with Crippen LogP contribution in [0.15, 0.2) is 18.2 Å². The fourth-order valence-corrected chi connectivity index (χ4v) is 2.23. The molecule has 0 heterocycles. The summed E-state index contributed by atoms with van der Waals surface area (Å²) in [6, 6.07) is 5.52. The van der Waals surface area contributed by atoms with Crippen LogP contribution in [0.1, 0.15) is 61.5 Å². The largest absolute Gasteiger partial charge is 0.395 e. The first-order chi connectivity index (χ1) is 9.89. The van der Waals surface area contributed by atoms with Crippen LogP contribution >= 0.6 is 0 Å². The van der Waals surface area contributed by atoms with E-state index in [9.17, 15) is 4.79 Å². The normalized spacial score (nSPS) is 10.7. The Labute approximate surface area is 127 Å². The molecule has 0 aromatic heterocycles. The van der Waals surface area contributed by atoms with E-state index in [1.807, 2.05) is 32.9 Å². The highest BCUT2D eigenvalue weighted by Crippen LogP contribution is 2.14. The van der Waals surface area contributed by atoms with Crippen LogP contribution in [0.5, 0.6) is 0 Å². The number of carbonyl (C=O) groups excluding carboxylic acids is 1. The van der Waals surface area contributed by atoms with Crippen molar-refractivity contribution < 1.29 is 9.90 Å². The van der Waals surface area contributed by atoms with Gasteiger partial charge in [0.2, 0.25) is 0 Å². The molecule has 0 aliphatic carbocycles. The summed E-state index contributed by atoms with van der Waals surface area (Å²) in [6.45, 7) is 8.19. The Hall–Kier alpha value is -1.79. The SMILES string of the molecule is CCCC(C)(C)NC(=O)c1ccc(C#CCCO)c(C)c1. The van der Waals surface area contributed by atoms with Crippen LogP contribution in [-0.2, 0) is 0 Å². The van der Waals surface area contributed by atoms with Crippen molar-refractivity contribution in [2.75, 3.05) is 6.61 Å². The van der Waals surface area contributed by atoms with Crippen LogP contribution in [0.3, 0.4) is 0 Å². The van der Waals surface area contributed by atoms with E-state index in [4.69, 9.17) is 5.11 Å². The number of rotatable bonds is 5. The lowest BCUT2D eigenvalue weighted by Crippen LogP contribution is -2.43. The minimum Gasteiger partial charge on any atom is -0.395 e. The highest BCUT2D eigenvalue weighted by Gasteiger charge is 2.20. The number of aliphatic hydroxyl groups is 1. The number of benzene rings is 1. The van der Waals surface area contributed by atoms with Gasteiger partial charge in [0.25, 0.3) is 5.91 Å². The van der Waals surface area contributed by atoms with E-state index < -0.39 is 0 Å². The van der Waals surface area contributed by atoms with Gasteiger partial charge in [0.15, 0.2) is 0 Å². The molecule has 0 unspecified atom stereocenters. The summed E-state index contributed by atoms with van der Waals surface area (Å²) in [5.74, 6) is 5.85.